The summed E-state index contributed by atoms with van der Waals surface area (Å²) < 4.78 is 5.40. The summed E-state index contributed by atoms with van der Waals surface area (Å²) in [7, 11) is 1.62. The standard InChI is InChI=1S/C13H16O3/c1-8(13(14)15)10-7-6-9-4-3-5-11(9)12(10)16-2/h6-8H,3-5H2,1-2H3,(H,14,15). The number of hydrogen-bond donors (Lipinski definition) is 1. The van der Waals surface area contributed by atoms with Gasteiger partial charge in [0.25, 0.3) is 0 Å². The van der Waals surface area contributed by atoms with E-state index in [1.54, 1.807) is 14.0 Å². The van der Waals surface area contributed by atoms with Crippen LogP contribution in [0.15, 0.2) is 12.1 Å². The van der Waals surface area contributed by atoms with E-state index in [1.165, 1.54) is 11.1 Å². The third kappa shape index (κ3) is 1.66. The number of aliphatic carboxylic acids is 1. The summed E-state index contributed by atoms with van der Waals surface area (Å²) in [5.41, 5.74) is 3.29. The highest BCUT2D eigenvalue weighted by Gasteiger charge is 2.24. The molecule has 0 heterocycles. The van der Waals surface area contributed by atoms with Crippen LogP contribution in [0.4, 0.5) is 0 Å². The zero-order valence-electron chi connectivity index (χ0n) is 9.62. The minimum Gasteiger partial charge on any atom is -0.496 e. The van der Waals surface area contributed by atoms with Crippen LogP contribution in [0.5, 0.6) is 5.75 Å². The SMILES string of the molecule is COc1c(C(C)C(=O)O)ccc2c1CCC2. The van der Waals surface area contributed by atoms with Gasteiger partial charge in [0, 0.05) is 5.56 Å². The molecule has 3 heteroatoms. The van der Waals surface area contributed by atoms with E-state index in [-0.39, 0.29) is 0 Å². The zero-order chi connectivity index (χ0) is 11.7. The van der Waals surface area contributed by atoms with Crippen molar-refractivity contribution < 1.29 is 14.6 Å². The van der Waals surface area contributed by atoms with E-state index in [9.17, 15) is 4.79 Å². The van der Waals surface area contributed by atoms with Crippen molar-refractivity contribution in [2.24, 2.45) is 0 Å². The number of carboxylic acid groups (broad SMARTS) is 1. The van der Waals surface area contributed by atoms with E-state index in [4.69, 9.17) is 9.84 Å². The summed E-state index contributed by atoms with van der Waals surface area (Å²) in [6, 6.07) is 3.93. The highest BCUT2D eigenvalue weighted by molar-refractivity contribution is 5.77. The zero-order valence-corrected chi connectivity index (χ0v) is 9.62. The van der Waals surface area contributed by atoms with E-state index in [2.05, 4.69) is 0 Å². The van der Waals surface area contributed by atoms with Gasteiger partial charge in [-0.25, -0.2) is 0 Å². The number of benzene rings is 1. The Morgan fingerprint density at radius 2 is 2.19 bits per heavy atom. The molecule has 0 saturated carbocycles. The maximum atomic E-state index is 11.0. The van der Waals surface area contributed by atoms with Crippen molar-refractivity contribution in [3.8, 4) is 5.75 Å². The topological polar surface area (TPSA) is 46.5 Å². The Kier molecular flexibility index (Phi) is 2.86. The van der Waals surface area contributed by atoms with E-state index in [0.717, 1.165) is 30.6 Å². The van der Waals surface area contributed by atoms with Crippen molar-refractivity contribution in [2.75, 3.05) is 7.11 Å². The van der Waals surface area contributed by atoms with Gasteiger partial charge in [-0.05, 0) is 37.3 Å². The Hall–Kier alpha value is -1.51. The normalized spacial score (nSPS) is 15.6. The molecule has 86 valence electrons. The molecule has 16 heavy (non-hydrogen) atoms. The molecule has 1 aromatic carbocycles. The third-order valence-corrected chi connectivity index (χ3v) is 3.30. The highest BCUT2D eigenvalue weighted by Crippen LogP contribution is 2.37. The van der Waals surface area contributed by atoms with Gasteiger partial charge in [0.2, 0.25) is 0 Å². The Balaban J connectivity index is 2.50. The van der Waals surface area contributed by atoms with Gasteiger partial charge >= 0.3 is 5.97 Å². The van der Waals surface area contributed by atoms with Crippen LogP contribution in [0.1, 0.15) is 36.0 Å². The molecule has 0 aromatic heterocycles. The molecule has 0 fully saturated rings. The van der Waals surface area contributed by atoms with Crippen molar-refractivity contribution >= 4 is 5.97 Å². The molecule has 1 atom stereocenters. The number of hydrogen-bond acceptors (Lipinski definition) is 2. The first-order valence-electron chi connectivity index (χ1n) is 5.56. The first-order chi connectivity index (χ1) is 7.65. The minimum atomic E-state index is -0.809. The van der Waals surface area contributed by atoms with Crippen molar-refractivity contribution in [3.63, 3.8) is 0 Å². The van der Waals surface area contributed by atoms with Crippen LogP contribution < -0.4 is 4.74 Å². The second-order valence-corrected chi connectivity index (χ2v) is 4.24. The van der Waals surface area contributed by atoms with E-state index in [1.807, 2.05) is 12.1 Å². The number of aryl methyl sites for hydroxylation is 1. The van der Waals surface area contributed by atoms with Crippen LogP contribution in [0, 0.1) is 0 Å². The molecule has 1 aliphatic rings. The van der Waals surface area contributed by atoms with Gasteiger partial charge in [-0.3, -0.25) is 4.79 Å². The lowest BCUT2D eigenvalue weighted by Crippen LogP contribution is -2.10. The molecule has 1 unspecified atom stereocenters. The lowest BCUT2D eigenvalue weighted by molar-refractivity contribution is -0.138. The highest BCUT2D eigenvalue weighted by atomic mass is 16.5. The van der Waals surface area contributed by atoms with Crippen LogP contribution in [0.3, 0.4) is 0 Å². The molecule has 1 aliphatic carbocycles. The molecule has 1 aromatic rings. The maximum Gasteiger partial charge on any atom is 0.310 e. The monoisotopic (exact) mass is 220 g/mol. The molecule has 2 rings (SSSR count). The average molecular weight is 220 g/mol. The number of carbonyl (C=O) groups is 1. The number of ether oxygens (including phenoxy) is 1. The quantitative estimate of drug-likeness (QED) is 0.850. The van der Waals surface area contributed by atoms with Gasteiger partial charge in [0.1, 0.15) is 5.75 Å². The molecule has 0 aliphatic heterocycles. The lowest BCUT2D eigenvalue weighted by Gasteiger charge is -2.15. The summed E-state index contributed by atoms with van der Waals surface area (Å²) in [5, 5.41) is 9.05. The van der Waals surface area contributed by atoms with Crippen LogP contribution in [0.2, 0.25) is 0 Å². The van der Waals surface area contributed by atoms with Crippen molar-refractivity contribution in [2.45, 2.75) is 32.1 Å². The van der Waals surface area contributed by atoms with Crippen molar-refractivity contribution in [1.29, 1.82) is 0 Å². The molecular weight excluding hydrogens is 204 g/mol. The van der Waals surface area contributed by atoms with Crippen LogP contribution in [0.25, 0.3) is 0 Å². The largest absolute Gasteiger partial charge is 0.496 e. The molecule has 0 bridgehead atoms. The molecular formula is C13H16O3. The minimum absolute atomic E-state index is 0.513. The summed E-state index contributed by atoms with van der Waals surface area (Å²) >= 11 is 0. The second kappa shape index (κ2) is 4.16. The molecule has 0 amide bonds. The fourth-order valence-electron chi connectivity index (χ4n) is 2.37. The smallest absolute Gasteiger partial charge is 0.310 e. The van der Waals surface area contributed by atoms with Crippen LogP contribution >= 0.6 is 0 Å². The van der Waals surface area contributed by atoms with Gasteiger partial charge in [-0.2, -0.15) is 0 Å². The Morgan fingerprint density at radius 3 is 2.81 bits per heavy atom. The van der Waals surface area contributed by atoms with Gasteiger partial charge < -0.3 is 9.84 Å². The lowest BCUT2D eigenvalue weighted by atomic mass is 9.95. The molecule has 0 radical (unpaired) electrons. The predicted molar refractivity (Wildman–Crippen MR) is 61.1 cm³/mol. The summed E-state index contributed by atoms with van der Waals surface area (Å²) in [4.78, 5) is 11.0. The fraction of sp³-hybridized carbons (Fsp3) is 0.462. The van der Waals surface area contributed by atoms with Crippen molar-refractivity contribution in [1.82, 2.24) is 0 Å². The first-order valence-corrected chi connectivity index (χ1v) is 5.56. The van der Waals surface area contributed by atoms with Gasteiger partial charge in [-0.1, -0.05) is 12.1 Å². The number of methoxy groups -OCH3 is 1. The Bertz CT molecular complexity index is 423. The van der Waals surface area contributed by atoms with E-state index in [0.29, 0.717) is 0 Å². The van der Waals surface area contributed by atoms with E-state index >= 15 is 0 Å². The average Bonchev–Trinajstić information content (AvgIpc) is 2.74. The van der Waals surface area contributed by atoms with Gasteiger partial charge in [0.05, 0.1) is 13.0 Å². The Labute approximate surface area is 95.0 Å². The summed E-state index contributed by atoms with van der Waals surface area (Å²) in [6.07, 6.45) is 3.21. The Morgan fingerprint density at radius 1 is 1.44 bits per heavy atom. The van der Waals surface area contributed by atoms with E-state index < -0.39 is 11.9 Å². The number of fused-ring (bicyclic) bond motifs is 1. The summed E-state index contributed by atoms with van der Waals surface area (Å²) in [5.74, 6) is -0.540. The van der Waals surface area contributed by atoms with Gasteiger partial charge in [0.15, 0.2) is 0 Å². The molecule has 0 spiro atoms. The maximum absolute atomic E-state index is 11.0. The summed E-state index contributed by atoms with van der Waals surface area (Å²) in [6.45, 7) is 1.70. The predicted octanol–water partition coefficient (Wildman–Crippen LogP) is 2.37. The van der Waals surface area contributed by atoms with Crippen LogP contribution in [-0.2, 0) is 17.6 Å². The number of carboxylic acids is 1. The molecule has 0 saturated heterocycles. The molecule has 3 nitrogen and oxygen atoms in total. The second-order valence-electron chi connectivity index (χ2n) is 4.24. The molecule has 1 N–H and O–H groups in total. The van der Waals surface area contributed by atoms with Crippen molar-refractivity contribution in [3.05, 3.63) is 28.8 Å². The fourth-order valence-corrected chi connectivity index (χ4v) is 2.37. The van der Waals surface area contributed by atoms with Gasteiger partial charge in [-0.15, -0.1) is 0 Å². The number of rotatable bonds is 3. The van der Waals surface area contributed by atoms with Crippen LogP contribution in [-0.4, -0.2) is 18.2 Å². The first kappa shape index (κ1) is 11.0. The third-order valence-electron chi connectivity index (χ3n) is 3.30.